The Kier molecular flexibility index (Phi) is 9.28. The van der Waals surface area contributed by atoms with E-state index in [1.54, 1.807) is 47.4 Å². The molecule has 11 heteroatoms. The van der Waals surface area contributed by atoms with Gasteiger partial charge in [-0.05, 0) is 45.0 Å². The molecule has 0 saturated carbocycles. The molecule has 1 fully saturated rings. The lowest BCUT2D eigenvalue weighted by Crippen LogP contribution is -2.50. The average molecular weight is 565 g/mol. The van der Waals surface area contributed by atoms with Crippen LogP contribution in [0.5, 0.6) is 5.75 Å². The highest BCUT2D eigenvalue weighted by Crippen LogP contribution is 2.35. The quantitative estimate of drug-likeness (QED) is 0.295. The van der Waals surface area contributed by atoms with Gasteiger partial charge in [-0.1, -0.05) is 30.3 Å². The van der Waals surface area contributed by atoms with Gasteiger partial charge in [0.2, 0.25) is 0 Å². The number of piperazine rings is 1. The van der Waals surface area contributed by atoms with Crippen LogP contribution in [0.1, 0.15) is 41.6 Å². The molecule has 0 atom stereocenters. The molecule has 1 saturated heterocycles. The van der Waals surface area contributed by atoms with Crippen molar-refractivity contribution in [2.45, 2.75) is 26.4 Å². The number of nitrogens with zero attached hydrogens (tertiary/aromatic N) is 4. The number of benzene rings is 2. The van der Waals surface area contributed by atoms with Crippen LogP contribution in [0.25, 0.3) is 16.9 Å². The molecule has 0 unspecified atom stereocenters. The molecule has 1 aliphatic heterocycles. The third-order valence-electron chi connectivity index (χ3n) is 6.49. The van der Waals surface area contributed by atoms with Gasteiger partial charge in [0, 0.05) is 38.3 Å². The van der Waals surface area contributed by atoms with Crippen LogP contribution in [0.15, 0.2) is 54.6 Å². The van der Waals surface area contributed by atoms with Gasteiger partial charge in [-0.15, -0.1) is 0 Å². The summed E-state index contributed by atoms with van der Waals surface area (Å²) >= 11 is 0. The van der Waals surface area contributed by atoms with Crippen molar-refractivity contribution in [1.29, 1.82) is 0 Å². The van der Waals surface area contributed by atoms with Crippen LogP contribution in [0.3, 0.4) is 0 Å². The van der Waals surface area contributed by atoms with E-state index in [1.807, 2.05) is 32.9 Å². The first-order valence-electron chi connectivity index (χ1n) is 13.4. The van der Waals surface area contributed by atoms with Crippen molar-refractivity contribution in [2.75, 3.05) is 53.6 Å². The summed E-state index contributed by atoms with van der Waals surface area (Å²) in [4.78, 5) is 42.2. The zero-order chi connectivity index (χ0) is 29.6. The van der Waals surface area contributed by atoms with Crippen molar-refractivity contribution in [2.24, 2.45) is 0 Å². The molecule has 2 heterocycles. The van der Waals surface area contributed by atoms with E-state index in [0.29, 0.717) is 56.3 Å². The fourth-order valence-corrected chi connectivity index (χ4v) is 4.50. The van der Waals surface area contributed by atoms with E-state index in [0.717, 1.165) is 0 Å². The largest absolute Gasteiger partial charge is 0.492 e. The topological polar surface area (TPSA) is 112 Å². The fourth-order valence-electron chi connectivity index (χ4n) is 4.50. The number of methoxy groups -OCH3 is 2. The SMILES string of the molecule is COC(=O)c1c(-c2ccccc2OCCN2CCN(C(=O)OC(C)(C)C)CC2)nn(-c2ccccc2)c1C(=O)OC. The molecular formula is C30H36N4O7. The van der Waals surface area contributed by atoms with Gasteiger partial charge in [0.15, 0.2) is 5.69 Å². The molecule has 0 spiro atoms. The molecule has 1 aromatic heterocycles. The molecule has 3 aromatic rings. The second-order valence-corrected chi connectivity index (χ2v) is 10.5. The molecule has 0 bridgehead atoms. The first-order valence-corrected chi connectivity index (χ1v) is 13.4. The Labute approximate surface area is 239 Å². The summed E-state index contributed by atoms with van der Waals surface area (Å²) < 4.78 is 23.1. The summed E-state index contributed by atoms with van der Waals surface area (Å²) in [6, 6.07) is 16.2. The van der Waals surface area contributed by atoms with Crippen LogP contribution in [-0.4, -0.2) is 96.8 Å². The highest BCUT2D eigenvalue weighted by Gasteiger charge is 2.32. The Hall–Kier alpha value is -4.38. The highest BCUT2D eigenvalue weighted by molar-refractivity contribution is 6.07. The maximum Gasteiger partial charge on any atom is 0.410 e. The van der Waals surface area contributed by atoms with E-state index in [9.17, 15) is 14.4 Å². The molecular weight excluding hydrogens is 528 g/mol. The van der Waals surface area contributed by atoms with Gasteiger partial charge in [-0.25, -0.2) is 19.1 Å². The second-order valence-electron chi connectivity index (χ2n) is 10.5. The Morgan fingerprint density at radius 2 is 1.49 bits per heavy atom. The van der Waals surface area contributed by atoms with Gasteiger partial charge in [-0.2, -0.15) is 5.10 Å². The number of para-hydroxylation sites is 2. The molecule has 218 valence electrons. The Morgan fingerprint density at radius 1 is 0.854 bits per heavy atom. The first-order chi connectivity index (χ1) is 19.6. The fraction of sp³-hybridized carbons (Fsp3) is 0.400. The molecule has 1 amide bonds. The standard InChI is InChI=1S/C30H36N4O7/c1-30(2,3)41-29(37)33-17-15-32(16-18-33)19-20-40-23-14-10-9-13-22(23)25-24(27(35)38-4)26(28(36)39-5)34(31-25)21-11-7-6-8-12-21/h6-14H,15-20H2,1-5H3. The minimum atomic E-state index is -0.725. The molecule has 11 nitrogen and oxygen atoms in total. The minimum Gasteiger partial charge on any atom is -0.492 e. The van der Waals surface area contributed by atoms with Crippen LogP contribution < -0.4 is 4.74 Å². The smallest absolute Gasteiger partial charge is 0.410 e. The number of ether oxygens (including phenoxy) is 4. The van der Waals surface area contributed by atoms with Crippen molar-refractivity contribution in [1.82, 2.24) is 19.6 Å². The molecule has 2 aromatic carbocycles. The summed E-state index contributed by atoms with van der Waals surface area (Å²) in [6.07, 6.45) is -0.301. The van der Waals surface area contributed by atoms with Gasteiger partial charge < -0.3 is 23.8 Å². The van der Waals surface area contributed by atoms with Crippen LogP contribution in [0, 0.1) is 0 Å². The monoisotopic (exact) mass is 564 g/mol. The number of hydrogen-bond acceptors (Lipinski definition) is 9. The van der Waals surface area contributed by atoms with Crippen LogP contribution in [0.4, 0.5) is 4.79 Å². The zero-order valence-electron chi connectivity index (χ0n) is 24.1. The molecule has 4 rings (SSSR count). The molecule has 0 N–H and O–H groups in total. The van der Waals surface area contributed by atoms with E-state index >= 15 is 0 Å². The van der Waals surface area contributed by atoms with E-state index in [4.69, 9.17) is 18.9 Å². The van der Waals surface area contributed by atoms with E-state index < -0.39 is 17.5 Å². The molecule has 41 heavy (non-hydrogen) atoms. The number of carbonyl (C=O) groups is 3. The third kappa shape index (κ3) is 7.04. The van der Waals surface area contributed by atoms with Gasteiger partial charge in [0.1, 0.15) is 29.2 Å². The van der Waals surface area contributed by atoms with Crippen LogP contribution in [0.2, 0.25) is 0 Å². The Bertz CT molecular complexity index is 1370. The number of aromatic nitrogens is 2. The predicted molar refractivity (Wildman–Crippen MR) is 151 cm³/mol. The lowest BCUT2D eigenvalue weighted by atomic mass is 10.0. The Morgan fingerprint density at radius 3 is 2.12 bits per heavy atom. The predicted octanol–water partition coefficient (Wildman–Crippen LogP) is 4.04. The lowest BCUT2D eigenvalue weighted by Gasteiger charge is -2.35. The van der Waals surface area contributed by atoms with Gasteiger partial charge in [0.05, 0.1) is 19.9 Å². The van der Waals surface area contributed by atoms with Gasteiger partial charge in [0.25, 0.3) is 0 Å². The maximum absolute atomic E-state index is 13.0. The van der Waals surface area contributed by atoms with Crippen molar-refractivity contribution >= 4 is 18.0 Å². The molecule has 1 aliphatic rings. The van der Waals surface area contributed by atoms with Crippen molar-refractivity contribution < 1.29 is 33.3 Å². The number of rotatable bonds is 8. The van der Waals surface area contributed by atoms with Gasteiger partial charge in [-0.3, -0.25) is 4.90 Å². The first kappa shape index (κ1) is 29.6. The summed E-state index contributed by atoms with van der Waals surface area (Å²) in [5.74, 6) is -0.948. The van der Waals surface area contributed by atoms with Crippen molar-refractivity contribution in [3.05, 3.63) is 65.9 Å². The average Bonchev–Trinajstić information content (AvgIpc) is 3.37. The summed E-state index contributed by atoms with van der Waals surface area (Å²) in [5.41, 5.74) is 0.756. The minimum absolute atomic E-state index is 0.0162. The Balaban J connectivity index is 1.54. The number of esters is 2. The lowest BCUT2D eigenvalue weighted by molar-refractivity contribution is 0.0136. The van der Waals surface area contributed by atoms with E-state index in [-0.39, 0.29) is 23.0 Å². The normalized spacial score (nSPS) is 13.9. The van der Waals surface area contributed by atoms with Crippen LogP contribution in [-0.2, 0) is 14.2 Å². The number of carbonyl (C=O) groups excluding carboxylic acids is 3. The van der Waals surface area contributed by atoms with Crippen LogP contribution >= 0.6 is 0 Å². The van der Waals surface area contributed by atoms with E-state index in [1.165, 1.54) is 18.9 Å². The van der Waals surface area contributed by atoms with Crippen molar-refractivity contribution in [3.63, 3.8) is 0 Å². The molecule has 0 aliphatic carbocycles. The highest BCUT2D eigenvalue weighted by atomic mass is 16.6. The number of amides is 1. The van der Waals surface area contributed by atoms with Crippen molar-refractivity contribution in [3.8, 4) is 22.7 Å². The zero-order valence-corrected chi connectivity index (χ0v) is 24.1. The van der Waals surface area contributed by atoms with Gasteiger partial charge >= 0.3 is 18.0 Å². The van der Waals surface area contributed by atoms with E-state index in [2.05, 4.69) is 10.00 Å². The molecule has 0 radical (unpaired) electrons. The maximum atomic E-state index is 13.0. The summed E-state index contributed by atoms with van der Waals surface area (Å²) in [6.45, 7) is 9.09. The second kappa shape index (κ2) is 12.9. The summed E-state index contributed by atoms with van der Waals surface area (Å²) in [5, 5.41) is 4.67. The number of hydrogen-bond donors (Lipinski definition) is 0. The summed E-state index contributed by atoms with van der Waals surface area (Å²) in [7, 11) is 2.49. The third-order valence-corrected chi connectivity index (χ3v) is 6.49.